The van der Waals surface area contributed by atoms with Crippen molar-refractivity contribution in [1.29, 1.82) is 10.5 Å². The van der Waals surface area contributed by atoms with Crippen molar-refractivity contribution in [2.24, 2.45) is 0 Å². The van der Waals surface area contributed by atoms with Gasteiger partial charge in [-0.05, 0) is 50.5 Å². The van der Waals surface area contributed by atoms with Crippen LogP contribution in [0.15, 0.2) is 41.4 Å². The average Bonchev–Trinajstić information content (AvgIpc) is 2.96. The maximum Gasteiger partial charge on any atom is 0.235 e. The Labute approximate surface area is 186 Å². The molecular weight excluding hydrogens is 406 g/mol. The van der Waals surface area contributed by atoms with Gasteiger partial charge in [-0.15, -0.1) is 0 Å². The number of anilines is 1. The van der Waals surface area contributed by atoms with Crippen molar-refractivity contribution >= 4 is 23.5 Å². The lowest BCUT2D eigenvalue weighted by atomic mass is 10.1. The van der Waals surface area contributed by atoms with Crippen LogP contribution in [0.1, 0.15) is 39.2 Å². The molecule has 0 bridgehead atoms. The zero-order chi connectivity index (χ0) is 22.5. The summed E-state index contributed by atoms with van der Waals surface area (Å²) in [5.41, 5.74) is 5.46. The van der Waals surface area contributed by atoms with E-state index in [4.69, 9.17) is 0 Å². The highest BCUT2D eigenvalue weighted by molar-refractivity contribution is 8.00. The maximum atomic E-state index is 12.8. The number of amides is 1. The molecule has 2 aromatic heterocycles. The van der Waals surface area contributed by atoms with E-state index in [1.54, 1.807) is 0 Å². The number of carbonyl (C=O) groups excluding carboxylic acids is 1. The van der Waals surface area contributed by atoms with Gasteiger partial charge in [-0.3, -0.25) is 4.79 Å². The van der Waals surface area contributed by atoms with Gasteiger partial charge in [0.25, 0.3) is 0 Å². The standard InChI is InChI=1S/C24H23N5OS/c1-15-10-16(2)27-24(20(15)11-25)31-14-22(30)28-23-21(12-26)17(3)18(4)29(23)13-19-8-6-5-7-9-19/h5-10H,13-14H2,1-4H3,(H,28,30). The van der Waals surface area contributed by atoms with Crippen LogP contribution in [-0.4, -0.2) is 21.2 Å². The second-order valence-corrected chi connectivity index (χ2v) is 8.29. The number of hydrogen-bond donors (Lipinski definition) is 1. The Hall–Kier alpha value is -3.55. The SMILES string of the molecule is Cc1cc(C)c(C#N)c(SCC(=O)Nc2c(C#N)c(C)c(C)n2Cc2ccccc2)n1. The minimum atomic E-state index is -0.252. The average molecular weight is 430 g/mol. The zero-order valence-electron chi connectivity index (χ0n) is 18.0. The first-order valence-electron chi connectivity index (χ1n) is 9.80. The number of nitriles is 2. The molecule has 2 heterocycles. The highest BCUT2D eigenvalue weighted by atomic mass is 32.2. The molecule has 0 atom stereocenters. The number of carbonyl (C=O) groups is 1. The van der Waals surface area contributed by atoms with Gasteiger partial charge in [-0.2, -0.15) is 10.5 Å². The molecule has 156 valence electrons. The Bertz CT molecular complexity index is 1220. The van der Waals surface area contributed by atoms with Crippen molar-refractivity contribution in [3.63, 3.8) is 0 Å². The number of nitrogens with one attached hydrogen (secondary N) is 1. The highest BCUT2D eigenvalue weighted by Gasteiger charge is 2.20. The number of benzene rings is 1. The predicted octanol–water partition coefficient (Wildman–Crippen LogP) is 4.64. The van der Waals surface area contributed by atoms with E-state index in [-0.39, 0.29) is 11.7 Å². The van der Waals surface area contributed by atoms with E-state index in [2.05, 4.69) is 22.4 Å². The lowest BCUT2D eigenvalue weighted by Crippen LogP contribution is -2.18. The first kappa shape index (κ1) is 22.1. The summed E-state index contributed by atoms with van der Waals surface area (Å²) in [5, 5.41) is 22.6. The Morgan fingerprint density at radius 1 is 1.10 bits per heavy atom. The predicted molar refractivity (Wildman–Crippen MR) is 122 cm³/mol. The van der Waals surface area contributed by atoms with Crippen LogP contribution in [0.3, 0.4) is 0 Å². The number of aryl methyl sites for hydroxylation is 2. The molecule has 6 nitrogen and oxygen atoms in total. The van der Waals surface area contributed by atoms with Crippen LogP contribution in [0, 0.1) is 50.4 Å². The van der Waals surface area contributed by atoms with Gasteiger partial charge in [-0.25, -0.2) is 4.98 Å². The fourth-order valence-electron chi connectivity index (χ4n) is 3.44. The minimum Gasteiger partial charge on any atom is -0.326 e. The van der Waals surface area contributed by atoms with Crippen molar-refractivity contribution in [3.8, 4) is 12.1 Å². The second kappa shape index (κ2) is 9.51. The third-order valence-corrected chi connectivity index (χ3v) is 6.12. The quantitative estimate of drug-likeness (QED) is 0.576. The number of nitrogens with zero attached hydrogens (tertiary/aromatic N) is 4. The molecule has 0 spiro atoms. The summed E-state index contributed by atoms with van der Waals surface area (Å²) in [5.74, 6) is 0.336. The molecule has 1 N–H and O–H groups in total. The smallest absolute Gasteiger partial charge is 0.235 e. The molecule has 31 heavy (non-hydrogen) atoms. The Morgan fingerprint density at radius 3 is 2.42 bits per heavy atom. The molecule has 0 aliphatic rings. The molecule has 0 radical (unpaired) electrons. The fourth-order valence-corrected chi connectivity index (χ4v) is 4.34. The van der Waals surface area contributed by atoms with Crippen LogP contribution in [0.25, 0.3) is 0 Å². The van der Waals surface area contributed by atoms with Crippen LogP contribution in [-0.2, 0) is 11.3 Å². The number of pyridine rings is 1. The Morgan fingerprint density at radius 2 is 1.77 bits per heavy atom. The van der Waals surface area contributed by atoms with E-state index in [1.165, 1.54) is 11.8 Å². The second-order valence-electron chi connectivity index (χ2n) is 7.33. The number of aromatic nitrogens is 2. The molecule has 0 aliphatic carbocycles. The van der Waals surface area contributed by atoms with E-state index >= 15 is 0 Å². The molecule has 0 saturated carbocycles. The van der Waals surface area contributed by atoms with Crippen molar-refractivity contribution in [2.45, 2.75) is 39.3 Å². The molecule has 0 fully saturated rings. The van der Waals surface area contributed by atoms with E-state index in [9.17, 15) is 15.3 Å². The van der Waals surface area contributed by atoms with Crippen LogP contribution >= 0.6 is 11.8 Å². The van der Waals surface area contributed by atoms with E-state index in [0.29, 0.717) is 28.5 Å². The number of rotatable bonds is 6. The first-order chi connectivity index (χ1) is 14.8. The van der Waals surface area contributed by atoms with Crippen LogP contribution in [0.2, 0.25) is 0 Å². The van der Waals surface area contributed by atoms with Crippen molar-refractivity contribution in [3.05, 3.63) is 75.6 Å². The third kappa shape index (κ3) is 4.79. The van der Waals surface area contributed by atoms with Gasteiger partial charge >= 0.3 is 0 Å². The number of hydrogen-bond acceptors (Lipinski definition) is 5. The Balaban J connectivity index is 1.84. The molecule has 0 aliphatic heterocycles. The molecule has 0 saturated heterocycles. The van der Waals surface area contributed by atoms with E-state index in [1.807, 2.05) is 68.7 Å². The summed E-state index contributed by atoms with van der Waals surface area (Å²) in [6.07, 6.45) is 0. The van der Waals surface area contributed by atoms with E-state index < -0.39 is 0 Å². The lowest BCUT2D eigenvalue weighted by Gasteiger charge is -2.13. The van der Waals surface area contributed by atoms with Gasteiger partial charge in [0.1, 0.15) is 23.0 Å². The molecule has 3 rings (SSSR count). The fraction of sp³-hybridized carbons (Fsp3) is 0.250. The Kier molecular flexibility index (Phi) is 6.79. The minimum absolute atomic E-state index is 0.0874. The van der Waals surface area contributed by atoms with Gasteiger partial charge in [0.2, 0.25) is 5.91 Å². The number of thioether (sulfide) groups is 1. The largest absolute Gasteiger partial charge is 0.326 e. The molecule has 1 amide bonds. The maximum absolute atomic E-state index is 12.8. The molecule has 0 unspecified atom stereocenters. The summed E-state index contributed by atoms with van der Waals surface area (Å²) in [6, 6.07) is 16.1. The monoisotopic (exact) mass is 429 g/mol. The van der Waals surface area contributed by atoms with Gasteiger partial charge in [0, 0.05) is 17.9 Å². The summed E-state index contributed by atoms with van der Waals surface area (Å²) in [7, 11) is 0. The lowest BCUT2D eigenvalue weighted by molar-refractivity contribution is -0.113. The molecule has 1 aromatic carbocycles. The molecular formula is C24H23N5OS. The summed E-state index contributed by atoms with van der Waals surface area (Å²) in [6.45, 7) is 8.10. The zero-order valence-corrected chi connectivity index (χ0v) is 18.8. The van der Waals surface area contributed by atoms with Crippen LogP contribution in [0.4, 0.5) is 5.82 Å². The van der Waals surface area contributed by atoms with Gasteiger partial charge in [0.05, 0.1) is 16.9 Å². The molecule has 7 heteroatoms. The van der Waals surface area contributed by atoms with Crippen LogP contribution < -0.4 is 5.32 Å². The van der Waals surface area contributed by atoms with Crippen molar-refractivity contribution in [2.75, 3.05) is 11.1 Å². The van der Waals surface area contributed by atoms with Crippen LogP contribution in [0.5, 0.6) is 0 Å². The normalized spacial score (nSPS) is 10.4. The highest BCUT2D eigenvalue weighted by Crippen LogP contribution is 2.28. The van der Waals surface area contributed by atoms with Gasteiger partial charge in [-0.1, -0.05) is 42.1 Å². The topological polar surface area (TPSA) is 94.5 Å². The first-order valence-corrected chi connectivity index (χ1v) is 10.8. The summed E-state index contributed by atoms with van der Waals surface area (Å²) >= 11 is 1.22. The third-order valence-electron chi connectivity index (χ3n) is 5.15. The summed E-state index contributed by atoms with van der Waals surface area (Å²) < 4.78 is 1.96. The summed E-state index contributed by atoms with van der Waals surface area (Å²) in [4.78, 5) is 17.2. The van der Waals surface area contributed by atoms with Gasteiger partial charge < -0.3 is 9.88 Å². The molecule has 3 aromatic rings. The van der Waals surface area contributed by atoms with Crippen molar-refractivity contribution in [1.82, 2.24) is 9.55 Å². The van der Waals surface area contributed by atoms with E-state index in [0.717, 1.165) is 28.1 Å². The van der Waals surface area contributed by atoms with Gasteiger partial charge in [0.15, 0.2) is 0 Å². The van der Waals surface area contributed by atoms with Crippen molar-refractivity contribution < 1.29 is 4.79 Å².